The number of rotatable bonds is 5. The van der Waals surface area contributed by atoms with Crippen LogP contribution in [0.3, 0.4) is 0 Å². The molecule has 2 aliphatic heterocycles. The van der Waals surface area contributed by atoms with Gasteiger partial charge in [0, 0.05) is 57.1 Å². The van der Waals surface area contributed by atoms with Gasteiger partial charge in [-0.25, -0.2) is 4.68 Å². The molecule has 6 heteroatoms. The standard InChI is InChI=1S/C26H35N5O/c32-26(30-17-15-29(16-18-30)24-7-3-1-4-8-24)21-28-13-11-22(12-14-28)23-19-27-31(20-23)25-9-5-2-6-10-25/h2,5-6,9-11,19-20,24H,1,3-4,7-8,12-18,21H2. The van der Waals surface area contributed by atoms with Crippen molar-refractivity contribution in [3.8, 4) is 5.69 Å². The van der Waals surface area contributed by atoms with Gasteiger partial charge in [-0.2, -0.15) is 5.10 Å². The van der Waals surface area contributed by atoms with E-state index in [1.54, 1.807) is 0 Å². The first-order valence-electron chi connectivity index (χ1n) is 12.3. The third-order valence-electron chi connectivity index (χ3n) is 7.38. The van der Waals surface area contributed by atoms with Crippen LogP contribution in [0.5, 0.6) is 0 Å². The van der Waals surface area contributed by atoms with E-state index < -0.39 is 0 Å². The molecule has 2 fully saturated rings. The Labute approximate surface area is 191 Å². The third-order valence-corrected chi connectivity index (χ3v) is 7.38. The highest BCUT2D eigenvalue weighted by Crippen LogP contribution is 2.25. The van der Waals surface area contributed by atoms with Crippen LogP contribution >= 0.6 is 0 Å². The number of piperazine rings is 1. The topological polar surface area (TPSA) is 44.6 Å². The maximum Gasteiger partial charge on any atom is 0.236 e. The molecular formula is C26H35N5O. The lowest BCUT2D eigenvalue weighted by Crippen LogP contribution is -2.54. The normalized spacial score (nSPS) is 21.5. The Balaban J connectivity index is 1.10. The highest BCUT2D eigenvalue weighted by atomic mass is 16.2. The summed E-state index contributed by atoms with van der Waals surface area (Å²) in [6.07, 6.45) is 14.1. The Morgan fingerprint density at radius 1 is 0.969 bits per heavy atom. The third kappa shape index (κ3) is 4.97. The van der Waals surface area contributed by atoms with E-state index in [2.05, 4.69) is 44.2 Å². The molecule has 1 aliphatic carbocycles. The summed E-state index contributed by atoms with van der Waals surface area (Å²) in [4.78, 5) is 19.9. The van der Waals surface area contributed by atoms with Gasteiger partial charge in [0.1, 0.15) is 0 Å². The first kappa shape index (κ1) is 21.4. The predicted octanol–water partition coefficient (Wildman–Crippen LogP) is 3.44. The number of carbonyl (C=O) groups is 1. The summed E-state index contributed by atoms with van der Waals surface area (Å²) in [5.41, 5.74) is 3.58. The summed E-state index contributed by atoms with van der Waals surface area (Å²) in [6, 6.07) is 11.0. The molecule has 0 radical (unpaired) electrons. The van der Waals surface area contributed by atoms with E-state index >= 15 is 0 Å². The SMILES string of the molecule is O=C(CN1CC=C(c2cnn(-c3ccccc3)c2)CC1)N1CCN(C2CCCCC2)CC1. The minimum Gasteiger partial charge on any atom is -0.339 e. The van der Waals surface area contributed by atoms with E-state index in [1.807, 2.05) is 29.1 Å². The van der Waals surface area contributed by atoms with Crippen molar-refractivity contribution in [1.29, 1.82) is 0 Å². The summed E-state index contributed by atoms with van der Waals surface area (Å²) < 4.78 is 1.93. The first-order valence-corrected chi connectivity index (χ1v) is 12.3. The van der Waals surface area contributed by atoms with Gasteiger partial charge in [0.15, 0.2) is 0 Å². The van der Waals surface area contributed by atoms with Crippen LogP contribution < -0.4 is 0 Å². The molecule has 0 atom stereocenters. The molecule has 1 saturated carbocycles. The molecule has 6 nitrogen and oxygen atoms in total. The average Bonchev–Trinajstić information content (AvgIpc) is 3.36. The van der Waals surface area contributed by atoms with Crippen molar-refractivity contribution in [1.82, 2.24) is 24.5 Å². The van der Waals surface area contributed by atoms with Crippen molar-refractivity contribution in [2.24, 2.45) is 0 Å². The smallest absolute Gasteiger partial charge is 0.236 e. The van der Waals surface area contributed by atoms with E-state index in [1.165, 1.54) is 43.2 Å². The van der Waals surface area contributed by atoms with Gasteiger partial charge in [-0.05, 0) is 37.0 Å². The van der Waals surface area contributed by atoms with E-state index in [0.29, 0.717) is 12.5 Å². The zero-order chi connectivity index (χ0) is 21.8. The second kappa shape index (κ2) is 10.0. The number of para-hydroxylation sites is 1. The maximum absolute atomic E-state index is 12.9. The van der Waals surface area contributed by atoms with Crippen molar-refractivity contribution < 1.29 is 4.79 Å². The molecule has 32 heavy (non-hydrogen) atoms. The molecule has 0 N–H and O–H groups in total. The van der Waals surface area contributed by atoms with E-state index in [4.69, 9.17) is 0 Å². The van der Waals surface area contributed by atoms with Crippen LogP contribution in [0.25, 0.3) is 11.3 Å². The lowest BCUT2D eigenvalue weighted by Gasteiger charge is -2.41. The molecular weight excluding hydrogens is 398 g/mol. The fourth-order valence-corrected chi connectivity index (χ4v) is 5.40. The van der Waals surface area contributed by atoms with Crippen molar-refractivity contribution in [3.63, 3.8) is 0 Å². The summed E-state index contributed by atoms with van der Waals surface area (Å²) in [7, 11) is 0. The van der Waals surface area contributed by atoms with Crippen molar-refractivity contribution in [2.45, 2.75) is 44.6 Å². The van der Waals surface area contributed by atoms with Crippen LogP contribution in [0, 0.1) is 0 Å². The second-order valence-corrected chi connectivity index (χ2v) is 9.43. The van der Waals surface area contributed by atoms with Gasteiger partial charge in [-0.1, -0.05) is 43.5 Å². The van der Waals surface area contributed by atoms with E-state index in [9.17, 15) is 4.79 Å². The van der Waals surface area contributed by atoms with Gasteiger partial charge in [-0.15, -0.1) is 0 Å². The lowest BCUT2D eigenvalue weighted by atomic mass is 9.94. The first-order chi connectivity index (χ1) is 15.8. The fraction of sp³-hybridized carbons (Fsp3) is 0.538. The lowest BCUT2D eigenvalue weighted by molar-refractivity contribution is -0.134. The molecule has 3 aliphatic rings. The zero-order valence-corrected chi connectivity index (χ0v) is 19.0. The molecule has 1 saturated heterocycles. The molecule has 0 bridgehead atoms. The highest BCUT2D eigenvalue weighted by molar-refractivity contribution is 5.78. The van der Waals surface area contributed by atoms with Crippen LogP contribution in [0.4, 0.5) is 0 Å². The van der Waals surface area contributed by atoms with Crippen molar-refractivity contribution in [3.05, 3.63) is 54.4 Å². The minimum atomic E-state index is 0.294. The van der Waals surface area contributed by atoms with Gasteiger partial charge >= 0.3 is 0 Å². The van der Waals surface area contributed by atoms with Crippen LogP contribution in [0.15, 0.2) is 48.8 Å². The number of carbonyl (C=O) groups excluding carboxylic acids is 1. The molecule has 3 heterocycles. The number of benzene rings is 1. The zero-order valence-electron chi connectivity index (χ0n) is 19.0. The number of aromatic nitrogens is 2. The van der Waals surface area contributed by atoms with Gasteiger partial charge < -0.3 is 4.90 Å². The quantitative estimate of drug-likeness (QED) is 0.725. The summed E-state index contributed by atoms with van der Waals surface area (Å²) in [5, 5.41) is 4.53. The number of nitrogens with zero attached hydrogens (tertiary/aromatic N) is 5. The van der Waals surface area contributed by atoms with Gasteiger partial charge in [0.2, 0.25) is 5.91 Å². The largest absolute Gasteiger partial charge is 0.339 e. The van der Waals surface area contributed by atoms with Crippen LogP contribution in [0.2, 0.25) is 0 Å². The van der Waals surface area contributed by atoms with Gasteiger partial charge in [0.25, 0.3) is 0 Å². The van der Waals surface area contributed by atoms with E-state index in [0.717, 1.165) is 57.4 Å². The fourth-order valence-electron chi connectivity index (χ4n) is 5.40. The Morgan fingerprint density at radius 3 is 2.47 bits per heavy atom. The number of amides is 1. The predicted molar refractivity (Wildman–Crippen MR) is 128 cm³/mol. The highest BCUT2D eigenvalue weighted by Gasteiger charge is 2.28. The number of hydrogen-bond acceptors (Lipinski definition) is 4. The molecule has 170 valence electrons. The van der Waals surface area contributed by atoms with Gasteiger partial charge in [-0.3, -0.25) is 14.6 Å². The Morgan fingerprint density at radius 2 is 1.75 bits per heavy atom. The van der Waals surface area contributed by atoms with Gasteiger partial charge in [0.05, 0.1) is 18.4 Å². The Bertz CT molecular complexity index is 923. The molecule has 1 aromatic heterocycles. The Kier molecular flexibility index (Phi) is 6.69. The minimum absolute atomic E-state index is 0.294. The van der Waals surface area contributed by atoms with Crippen LogP contribution in [0.1, 0.15) is 44.1 Å². The molecule has 2 aromatic rings. The monoisotopic (exact) mass is 433 g/mol. The maximum atomic E-state index is 12.9. The average molecular weight is 434 g/mol. The van der Waals surface area contributed by atoms with Crippen LogP contribution in [-0.4, -0.2) is 82.2 Å². The van der Waals surface area contributed by atoms with Crippen LogP contribution in [-0.2, 0) is 4.79 Å². The summed E-state index contributed by atoms with van der Waals surface area (Å²) in [6.45, 7) is 6.18. The molecule has 0 spiro atoms. The molecule has 1 amide bonds. The van der Waals surface area contributed by atoms with Crippen molar-refractivity contribution in [2.75, 3.05) is 45.8 Å². The van der Waals surface area contributed by atoms with Crippen molar-refractivity contribution >= 4 is 11.5 Å². The summed E-state index contributed by atoms with van der Waals surface area (Å²) in [5.74, 6) is 0.294. The number of hydrogen-bond donors (Lipinski definition) is 0. The molecule has 5 rings (SSSR count). The molecule has 0 unspecified atom stereocenters. The molecule has 1 aromatic carbocycles. The Hall–Kier alpha value is -2.44. The summed E-state index contributed by atoms with van der Waals surface area (Å²) >= 11 is 0. The second-order valence-electron chi connectivity index (χ2n) is 9.43. The van der Waals surface area contributed by atoms with E-state index in [-0.39, 0.29) is 0 Å².